The lowest BCUT2D eigenvalue weighted by Gasteiger charge is -2.31. The molecule has 3 atom stereocenters. The molecule has 21 heavy (non-hydrogen) atoms. The molecule has 4 rings (SSSR count). The number of likely N-dealkylation sites (tertiary alicyclic amines) is 1. The quantitative estimate of drug-likeness (QED) is 0.805. The molecule has 1 heteroatoms. The third-order valence-electron chi connectivity index (χ3n) is 5.55. The largest absolute Gasteiger partial charge is 0.302 e. The molecule has 0 aromatic heterocycles. The molecule has 0 spiro atoms. The fourth-order valence-corrected chi connectivity index (χ4v) is 4.51. The molecule has 0 bridgehead atoms. The van der Waals surface area contributed by atoms with Gasteiger partial charge in [-0.25, -0.2) is 0 Å². The first kappa shape index (κ1) is 13.1. The molecule has 1 nitrogen and oxygen atoms in total. The first-order valence-corrected chi connectivity index (χ1v) is 8.15. The van der Waals surface area contributed by atoms with E-state index in [1.807, 2.05) is 0 Å². The lowest BCUT2D eigenvalue weighted by atomic mass is 9.74. The Hall–Kier alpha value is -1.60. The highest BCUT2D eigenvalue weighted by Gasteiger charge is 2.42. The maximum atomic E-state index is 2.60. The Morgan fingerprint density at radius 3 is 2.62 bits per heavy atom. The summed E-state index contributed by atoms with van der Waals surface area (Å²) in [6, 6.07) is 20.8. The Labute approximate surface area is 127 Å². The van der Waals surface area contributed by atoms with Crippen molar-refractivity contribution in [3.63, 3.8) is 0 Å². The van der Waals surface area contributed by atoms with Crippen molar-refractivity contribution >= 4 is 0 Å². The Bertz CT molecular complexity index is 619. The van der Waals surface area contributed by atoms with Crippen LogP contribution in [0.5, 0.6) is 0 Å². The summed E-state index contributed by atoms with van der Waals surface area (Å²) in [4.78, 5) is 2.60. The highest BCUT2D eigenvalue weighted by atomic mass is 15.2. The van der Waals surface area contributed by atoms with E-state index in [4.69, 9.17) is 0 Å². The number of likely N-dealkylation sites (N-methyl/N-ethyl adjacent to an activating group) is 1. The molecular weight excluding hydrogens is 254 g/mol. The van der Waals surface area contributed by atoms with Gasteiger partial charge in [0.25, 0.3) is 0 Å². The van der Waals surface area contributed by atoms with Crippen LogP contribution in [0.2, 0.25) is 0 Å². The van der Waals surface area contributed by atoms with Crippen molar-refractivity contribution in [2.45, 2.75) is 31.2 Å². The number of rotatable bonds is 2. The molecule has 1 aliphatic carbocycles. The van der Waals surface area contributed by atoms with E-state index in [9.17, 15) is 0 Å². The lowest BCUT2D eigenvalue weighted by molar-refractivity contribution is 0.259. The fraction of sp³-hybridized carbons (Fsp3) is 0.400. The summed E-state index contributed by atoms with van der Waals surface area (Å²) in [6.07, 6.45) is 3.81. The highest BCUT2D eigenvalue weighted by Crippen LogP contribution is 2.45. The average molecular weight is 277 g/mol. The summed E-state index contributed by atoms with van der Waals surface area (Å²) in [5.74, 6) is 1.57. The summed E-state index contributed by atoms with van der Waals surface area (Å²) in [5, 5.41) is 0. The molecule has 2 aliphatic rings. The molecule has 0 radical (unpaired) electrons. The molecule has 2 aromatic rings. The van der Waals surface area contributed by atoms with E-state index in [0.29, 0.717) is 6.04 Å². The number of hydrogen-bond acceptors (Lipinski definition) is 1. The van der Waals surface area contributed by atoms with Crippen molar-refractivity contribution in [1.82, 2.24) is 4.90 Å². The molecule has 1 saturated heterocycles. The minimum atomic E-state index is 0.700. The van der Waals surface area contributed by atoms with E-state index >= 15 is 0 Å². The van der Waals surface area contributed by atoms with Gasteiger partial charge in [0, 0.05) is 18.5 Å². The van der Waals surface area contributed by atoms with Crippen LogP contribution in [0.4, 0.5) is 0 Å². The van der Waals surface area contributed by atoms with Crippen LogP contribution < -0.4 is 0 Å². The number of hydrogen-bond donors (Lipinski definition) is 0. The van der Waals surface area contributed by atoms with Gasteiger partial charge in [0.05, 0.1) is 0 Å². The van der Waals surface area contributed by atoms with Gasteiger partial charge >= 0.3 is 0 Å². The Morgan fingerprint density at radius 1 is 1.00 bits per heavy atom. The zero-order valence-electron chi connectivity index (χ0n) is 12.7. The van der Waals surface area contributed by atoms with Gasteiger partial charge in [-0.1, -0.05) is 54.6 Å². The van der Waals surface area contributed by atoms with Crippen LogP contribution >= 0.6 is 0 Å². The van der Waals surface area contributed by atoms with Crippen LogP contribution in [0.1, 0.15) is 29.0 Å². The molecule has 1 heterocycles. The molecule has 0 saturated carbocycles. The zero-order chi connectivity index (χ0) is 14.2. The van der Waals surface area contributed by atoms with Gasteiger partial charge in [0.15, 0.2) is 0 Å². The van der Waals surface area contributed by atoms with Crippen molar-refractivity contribution in [3.8, 4) is 0 Å². The van der Waals surface area contributed by atoms with Crippen LogP contribution in [0, 0.1) is 5.92 Å². The molecular formula is C20H23N. The smallest absolute Gasteiger partial charge is 0.0167 e. The van der Waals surface area contributed by atoms with Crippen molar-refractivity contribution in [1.29, 1.82) is 0 Å². The third-order valence-corrected chi connectivity index (χ3v) is 5.55. The van der Waals surface area contributed by atoms with Crippen molar-refractivity contribution < 1.29 is 0 Å². The van der Waals surface area contributed by atoms with Crippen molar-refractivity contribution in [3.05, 3.63) is 71.3 Å². The Balaban J connectivity index is 1.61. The van der Waals surface area contributed by atoms with Crippen LogP contribution in [0.15, 0.2) is 54.6 Å². The van der Waals surface area contributed by atoms with Gasteiger partial charge < -0.3 is 4.90 Å². The van der Waals surface area contributed by atoms with Crippen molar-refractivity contribution in [2.24, 2.45) is 5.92 Å². The second-order valence-electron chi connectivity index (χ2n) is 6.70. The molecule has 2 aromatic carbocycles. The predicted molar refractivity (Wildman–Crippen MR) is 87.6 cm³/mol. The standard InChI is InChI=1S/C20H23N/c1-21-14-19-17-10-6-5-9-16(17)11-12-18(19)20(21)13-15-7-3-2-4-8-15/h2-10,18-20H,11-14H2,1H3/t18?,19-,20-/m1/s1. The fourth-order valence-electron chi connectivity index (χ4n) is 4.51. The van der Waals surface area contributed by atoms with Gasteiger partial charge in [-0.15, -0.1) is 0 Å². The van der Waals surface area contributed by atoms with E-state index in [1.54, 1.807) is 11.1 Å². The zero-order valence-corrected chi connectivity index (χ0v) is 12.7. The predicted octanol–water partition coefficient (Wildman–Crippen LogP) is 3.89. The van der Waals surface area contributed by atoms with E-state index < -0.39 is 0 Å². The molecule has 1 unspecified atom stereocenters. The highest BCUT2D eigenvalue weighted by molar-refractivity contribution is 5.35. The van der Waals surface area contributed by atoms with Crippen LogP contribution in [0.3, 0.4) is 0 Å². The molecule has 0 amide bonds. The summed E-state index contributed by atoms with van der Waals surface area (Å²) < 4.78 is 0. The summed E-state index contributed by atoms with van der Waals surface area (Å²) in [6.45, 7) is 1.22. The Morgan fingerprint density at radius 2 is 1.76 bits per heavy atom. The number of aryl methyl sites for hydroxylation is 1. The Kier molecular flexibility index (Phi) is 3.31. The van der Waals surface area contributed by atoms with Crippen molar-refractivity contribution in [2.75, 3.05) is 13.6 Å². The van der Waals surface area contributed by atoms with Gasteiger partial charge in [0.1, 0.15) is 0 Å². The van der Waals surface area contributed by atoms with Crippen LogP contribution in [0.25, 0.3) is 0 Å². The van der Waals surface area contributed by atoms with E-state index in [0.717, 1.165) is 11.8 Å². The van der Waals surface area contributed by atoms with E-state index in [2.05, 4.69) is 66.5 Å². The van der Waals surface area contributed by atoms with Gasteiger partial charge in [-0.3, -0.25) is 0 Å². The minimum absolute atomic E-state index is 0.700. The topological polar surface area (TPSA) is 3.24 Å². The molecule has 1 fully saturated rings. The summed E-state index contributed by atoms with van der Waals surface area (Å²) in [5.41, 5.74) is 4.69. The second-order valence-corrected chi connectivity index (χ2v) is 6.70. The molecule has 0 N–H and O–H groups in total. The van der Waals surface area contributed by atoms with E-state index in [-0.39, 0.29) is 0 Å². The monoisotopic (exact) mass is 277 g/mol. The third kappa shape index (κ3) is 2.30. The van der Waals surface area contributed by atoms with Crippen LogP contribution in [-0.2, 0) is 12.8 Å². The van der Waals surface area contributed by atoms with Gasteiger partial charge in [0.2, 0.25) is 0 Å². The first-order valence-electron chi connectivity index (χ1n) is 8.15. The summed E-state index contributed by atoms with van der Waals surface area (Å²) >= 11 is 0. The number of benzene rings is 2. The second kappa shape index (κ2) is 5.31. The normalized spacial score (nSPS) is 28.1. The average Bonchev–Trinajstić information content (AvgIpc) is 2.85. The number of nitrogens with zero attached hydrogens (tertiary/aromatic N) is 1. The number of fused-ring (bicyclic) bond motifs is 3. The minimum Gasteiger partial charge on any atom is -0.302 e. The van der Waals surface area contributed by atoms with E-state index in [1.165, 1.54) is 31.4 Å². The lowest BCUT2D eigenvalue weighted by Crippen LogP contribution is -2.32. The SMILES string of the molecule is CN1C[C@@H]2c3ccccc3CCC2[C@H]1Cc1ccccc1. The maximum absolute atomic E-state index is 2.60. The van der Waals surface area contributed by atoms with Gasteiger partial charge in [-0.05, 0) is 48.9 Å². The maximum Gasteiger partial charge on any atom is 0.0167 e. The van der Waals surface area contributed by atoms with Gasteiger partial charge in [-0.2, -0.15) is 0 Å². The molecule has 108 valence electrons. The molecule has 1 aliphatic heterocycles. The van der Waals surface area contributed by atoms with Crippen LogP contribution in [-0.4, -0.2) is 24.5 Å². The summed E-state index contributed by atoms with van der Waals surface area (Å²) in [7, 11) is 2.31. The first-order chi connectivity index (χ1) is 10.3.